The van der Waals surface area contributed by atoms with Gasteiger partial charge in [0.1, 0.15) is 11.5 Å². The Hall–Kier alpha value is -1.29. The van der Waals surface area contributed by atoms with Crippen LogP contribution in [0.2, 0.25) is 0 Å². The average molecular weight is 209 g/mol. The molecule has 1 aliphatic rings. The third-order valence-corrected chi connectivity index (χ3v) is 2.93. The van der Waals surface area contributed by atoms with Crippen LogP contribution in [0, 0.1) is 6.92 Å². The number of furan rings is 1. The number of rotatable bonds is 2. The smallest absolute Gasteiger partial charge is 0.331 e. The Morgan fingerprint density at radius 2 is 2.33 bits per heavy atom. The number of nitrogens with one attached hydrogen (secondary N) is 1. The Bertz CT molecular complexity index is 364. The molecule has 2 heterocycles. The molecule has 1 fully saturated rings. The van der Waals surface area contributed by atoms with Crippen LogP contribution in [0.3, 0.4) is 0 Å². The van der Waals surface area contributed by atoms with E-state index in [0.29, 0.717) is 12.2 Å². The molecule has 0 spiro atoms. The quantitative estimate of drug-likeness (QED) is 0.777. The van der Waals surface area contributed by atoms with E-state index in [-0.39, 0.29) is 0 Å². The number of piperidine rings is 1. The summed E-state index contributed by atoms with van der Waals surface area (Å²) in [4.78, 5) is 11.4. The highest BCUT2D eigenvalue weighted by molar-refractivity contribution is 5.80. The van der Waals surface area contributed by atoms with Crippen LogP contribution in [0.25, 0.3) is 0 Å². The summed E-state index contributed by atoms with van der Waals surface area (Å²) >= 11 is 0. The molecule has 2 N–H and O–H groups in total. The molecule has 1 atom stereocenters. The Morgan fingerprint density at radius 3 is 2.80 bits per heavy atom. The van der Waals surface area contributed by atoms with Crippen LogP contribution >= 0.6 is 0 Å². The van der Waals surface area contributed by atoms with Crippen molar-refractivity contribution in [3.05, 3.63) is 23.7 Å². The molecule has 1 aromatic heterocycles. The van der Waals surface area contributed by atoms with E-state index in [4.69, 9.17) is 4.42 Å². The lowest BCUT2D eigenvalue weighted by Gasteiger charge is -2.32. The lowest BCUT2D eigenvalue weighted by Crippen LogP contribution is -2.51. The van der Waals surface area contributed by atoms with Gasteiger partial charge >= 0.3 is 5.97 Å². The van der Waals surface area contributed by atoms with Crippen molar-refractivity contribution in [1.29, 1.82) is 0 Å². The van der Waals surface area contributed by atoms with Gasteiger partial charge in [0.2, 0.25) is 0 Å². The third kappa shape index (κ3) is 1.65. The molecule has 0 bridgehead atoms. The fourth-order valence-corrected chi connectivity index (χ4v) is 2.07. The van der Waals surface area contributed by atoms with Crippen LogP contribution in [0.15, 0.2) is 16.5 Å². The summed E-state index contributed by atoms with van der Waals surface area (Å²) in [6, 6.07) is 3.55. The first kappa shape index (κ1) is 10.2. The van der Waals surface area contributed by atoms with Crippen molar-refractivity contribution in [3.63, 3.8) is 0 Å². The molecule has 4 nitrogen and oxygen atoms in total. The molecule has 1 aromatic rings. The molecule has 0 saturated carbocycles. The van der Waals surface area contributed by atoms with Crippen molar-refractivity contribution in [2.75, 3.05) is 6.54 Å². The maximum absolute atomic E-state index is 11.4. The highest BCUT2D eigenvalue weighted by Gasteiger charge is 2.43. The van der Waals surface area contributed by atoms with Crippen molar-refractivity contribution < 1.29 is 14.3 Å². The SMILES string of the molecule is Cc1ccc(C2(C(=O)O)CCCCN2)o1. The van der Waals surface area contributed by atoms with Gasteiger partial charge in [-0.3, -0.25) is 5.32 Å². The number of aliphatic carboxylic acids is 1. The van der Waals surface area contributed by atoms with Crippen molar-refractivity contribution in [2.45, 2.75) is 31.7 Å². The first-order valence-corrected chi connectivity index (χ1v) is 5.20. The largest absolute Gasteiger partial charge is 0.480 e. The second kappa shape index (κ2) is 3.70. The Morgan fingerprint density at radius 1 is 1.53 bits per heavy atom. The van der Waals surface area contributed by atoms with Gasteiger partial charge in [0.05, 0.1) is 0 Å². The summed E-state index contributed by atoms with van der Waals surface area (Å²) in [5.74, 6) is 0.418. The standard InChI is InChI=1S/C11H15NO3/c1-8-4-5-9(15-8)11(10(13)14)6-2-3-7-12-11/h4-5,12H,2-3,6-7H2,1H3,(H,13,14). The monoisotopic (exact) mass is 209 g/mol. The maximum Gasteiger partial charge on any atom is 0.331 e. The van der Waals surface area contributed by atoms with Gasteiger partial charge in [-0.05, 0) is 44.9 Å². The van der Waals surface area contributed by atoms with Gasteiger partial charge in [-0.2, -0.15) is 0 Å². The topological polar surface area (TPSA) is 62.5 Å². The fraction of sp³-hybridized carbons (Fsp3) is 0.545. The van der Waals surface area contributed by atoms with E-state index < -0.39 is 11.5 Å². The molecule has 82 valence electrons. The minimum Gasteiger partial charge on any atom is -0.480 e. The van der Waals surface area contributed by atoms with Crippen LogP contribution in [0.1, 0.15) is 30.8 Å². The second-order valence-corrected chi connectivity index (χ2v) is 4.00. The molecule has 1 saturated heterocycles. The Kier molecular flexibility index (Phi) is 2.52. The molecular formula is C11H15NO3. The number of hydrogen-bond acceptors (Lipinski definition) is 3. The molecule has 1 unspecified atom stereocenters. The van der Waals surface area contributed by atoms with Crippen LogP contribution in [-0.4, -0.2) is 17.6 Å². The van der Waals surface area contributed by atoms with Gasteiger partial charge in [0, 0.05) is 0 Å². The van der Waals surface area contributed by atoms with Crippen molar-refractivity contribution in [2.24, 2.45) is 0 Å². The van der Waals surface area contributed by atoms with E-state index in [2.05, 4.69) is 5.32 Å². The van der Waals surface area contributed by atoms with Gasteiger partial charge in [-0.25, -0.2) is 4.79 Å². The molecular weight excluding hydrogens is 194 g/mol. The van der Waals surface area contributed by atoms with Crippen molar-refractivity contribution in [1.82, 2.24) is 5.32 Å². The zero-order chi connectivity index (χ0) is 10.9. The lowest BCUT2D eigenvalue weighted by molar-refractivity contribution is -0.147. The van der Waals surface area contributed by atoms with E-state index in [1.807, 2.05) is 6.92 Å². The highest BCUT2D eigenvalue weighted by atomic mass is 16.4. The van der Waals surface area contributed by atoms with E-state index in [9.17, 15) is 9.90 Å². The molecule has 1 aliphatic heterocycles. The van der Waals surface area contributed by atoms with E-state index in [1.54, 1.807) is 12.1 Å². The van der Waals surface area contributed by atoms with Crippen LogP contribution in [0.4, 0.5) is 0 Å². The minimum absolute atomic E-state index is 0.521. The summed E-state index contributed by atoms with van der Waals surface area (Å²) in [6.45, 7) is 2.55. The van der Waals surface area contributed by atoms with Crippen molar-refractivity contribution in [3.8, 4) is 0 Å². The van der Waals surface area contributed by atoms with Gasteiger partial charge in [0.15, 0.2) is 5.54 Å². The predicted molar refractivity (Wildman–Crippen MR) is 54.6 cm³/mol. The number of hydrogen-bond donors (Lipinski definition) is 2. The van der Waals surface area contributed by atoms with Gasteiger partial charge in [0.25, 0.3) is 0 Å². The normalized spacial score (nSPS) is 26.5. The first-order valence-electron chi connectivity index (χ1n) is 5.20. The molecule has 0 aliphatic carbocycles. The van der Waals surface area contributed by atoms with E-state index in [1.165, 1.54) is 0 Å². The molecule has 0 amide bonds. The molecule has 0 radical (unpaired) electrons. The van der Waals surface area contributed by atoms with Crippen molar-refractivity contribution >= 4 is 5.97 Å². The highest BCUT2D eigenvalue weighted by Crippen LogP contribution is 2.31. The number of carbonyl (C=O) groups is 1. The molecule has 0 aromatic carbocycles. The fourth-order valence-electron chi connectivity index (χ4n) is 2.07. The average Bonchev–Trinajstić information content (AvgIpc) is 2.66. The molecule has 4 heteroatoms. The summed E-state index contributed by atoms with van der Waals surface area (Å²) in [5.41, 5.74) is -1.01. The summed E-state index contributed by atoms with van der Waals surface area (Å²) in [6.07, 6.45) is 2.53. The Balaban J connectivity index is 2.37. The van der Waals surface area contributed by atoms with E-state index in [0.717, 1.165) is 25.1 Å². The van der Waals surface area contributed by atoms with Crippen LogP contribution in [0.5, 0.6) is 0 Å². The van der Waals surface area contributed by atoms with Crippen LogP contribution in [-0.2, 0) is 10.3 Å². The van der Waals surface area contributed by atoms with Gasteiger partial charge in [-0.1, -0.05) is 0 Å². The summed E-state index contributed by atoms with van der Waals surface area (Å²) in [5, 5.41) is 12.4. The molecule has 2 rings (SSSR count). The summed E-state index contributed by atoms with van der Waals surface area (Å²) < 4.78 is 5.44. The van der Waals surface area contributed by atoms with Gasteiger partial charge in [-0.15, -0.1) is 0 Å². The third-order valence-electron chi connectivity index (χ3n) is 2.93. The second-order valence-electron chi connectivity index (χ2n) is 4.00. The maximum atomic E-state index is 11.4. The number of carboxylic acid groups (broad SMARTS) is 1. The number of carboxylic acids is 1. The number of aryl methyl sites for hydroxylation is 1. The summed E-state index contributed by atoms with van der Waals surface area (Å²) in [7, 11) is 0. The van der Waals surface area contributed by atoms with Gasteiger partial charge < -0.3 is 9.52 Å². The minimum atomic E-state index is -1.01. The zero-order valence-electron chi connectivity index (χ0n) is 8.75. The van der Waals surface area contributed by atoms with E-state index >= 15 is 0 Å². The van der Waals surface area contributed by atoms with Crippen LogP contribution < -0.4 is 5.32 Å². The Labute approximate surface area is 88.3 Å². The molecule has 15 heavy (non-hydrogen) atoms. The zero-order valence-corrected chi connectivity index (χ0v) is 8.75. The lowest BCUT2D eigenvalue weighted by atomic mass is 9.86. The predicted octanol–water partition coefficient (Wildman–Crippen LogP) is 1.64. The first-order chi connectivity index (χ1) is 7.15.